The van der Waals surface area contributed by atoms with Gasteiger partial charge in [0.05, 0.1) is 10.9 Å². The van der Waals surface area contributed by atoms with Crippen molar-refractivity contribution in [1.29, 1.82) is 0 Å². The zero-order valence-electron chi connectivity index (χ0n) is 20.0. The molecule has 8 heteroatoms. The second kappa shape index (κ2) is 9.64. The van der Waals surface area contributed by atoms with E-state index in [-0.39, 0.29) is 16.8 Å². The second-order valence-corrected chi connectivity index (χ2v) is 10.8. The Bertz CT molecular complexity index is 1300. The Labute approximate surface area is 201 Å². The van der Waals surface area contributed by atoms with E-state index in [1.807, 2.05) is 45.0 Å². The molecule has 1 amide bonds. The van der Waals surface area contributed by atoms with Crippen molar-refractivity contribution in [3.8, 4) is 11.1 Å². The van der Waals surface area contributed by atoms with Gasteiger partial charge in [-0.3, -0.25) is 4.79 Å². The number of carbonyl (C=O) groups is 1. The van der Waals surface area contributed by atoms with Crippen molar-refractivity contribution >= 4 is 15.9 Å². The van der Waals surface area contributed by atoms with Crippen LogP contribution in [0.4, 0.5) is 0 Å². The van der Waals surface area contributed by atoms with Gasteiger partial charge in [-0.2, -0.15) is 4.31 Å². The van der Waals surface area contributed by atoms with Crippen LogP contribution in [0, 0.1) is 20.8 Å². The van der Waals surface area contributed by atoms with Crippen molar-refractivity contribution in [2.75, 3.05) is 13.1 Å². The van der Waals surface area contributed by atoms with E-state index in [0.29, 0.717) is 24.5 Å². The van der Waals surface area contributed by atoms with Gasteiger partial charge in [-0.15, -0.1) is 0 Å². The van der Waals surface area contributed by atoms with Gasteiger partial charge in [0.15, 0.2) is 0 Å². The quantitative estimate of drug-likeness (QED) is 0.569. The third-order valence-corrected chi connectivity index (χ3v) is 8.22. The molecule has 1 unspecified atom stereocenters. The van der Waals surface area contributed by atoms with Crippen LogP contribution in [0.5, 0.6) is 0 Å². The topological polar surface area (TPSA) is 92.3 Å². The summed E-state index contributed by atoms with van der Waals surface area (Å²) >= 11 is 0. The molecule has 0 bridgehead atoms. The van der Waals surface area contributed by atoms with Crippen LogP contribution in [0.25, 0.3) is 11.1 Å². The number of nitrogens with zero attached hydrogens (tertiary/aromatic N) is 3. The van der Waals surface area contributed by atoms with Crippen LogP contribution in [0.15, 0.2) is 53.7 Å². The molecular weight excluding hydrogens is 448 g/mol. The Morgan fingerprint density at radius 1 is 1.00 bits per heavy atom. The Morgan fingerprint density at radius 3 is 2.24 bits per heavy atom. The Morgan fingerprint density at radius 2 is 1.62 bits per heavy atom. The van der Waals surface area contributed by atoms with E-state index in [1.54, 1.807) is 25.4 Å². The van der Waals surface area contributed by atoms with Crippen molar-refractivity contribution < 1.29 is 13.2 Å². The maximum absolute atomic E-state index is 13.4. The average molecular weight is 479 g/mol. The summed E-state index contributed by atoms with van der Waals surface area (Å²) in [6.07, 6.45) is 5.07. The maximum atomic E-state index is 13.4. The molecule has 1 aliphatic rings. The van der Waals surface area contributed by atoms with Crippen molar-refractivity contribution in [2.24, 2.45) is 0 Å². The van der Waals surface area contributed by atoms with Gasteiger partial charge in [-0.05, 0) is 69.4 Å². The summed E-state index contributed by atoms with van der Waals surface area (Å²) < 4.78 is 28.3. The van der Waals surface area contributed by atoms with Gasteiger partial charge in [0.2, 0.25) is 10.0 Å². The third kappa shape index (κ3) is 4.88. The predicted octanol–water partition coefficient (Wildman–Crippen LogP) is 4.34. The lowest BCUT2D eigenvalue weighted by molar-refractivity contribution is 0.0939. The summed E-state index contributed by atoms with van der Waals surface area (Å²) in [7, 11) is -3.70. The zero-order valence-corrected chi connectivity index (χ0v) is 20.8. The molecule has 2 heterocycles. The van der Waals surface area contributed by atoms with Crippen LogP contribution in [0.2, 0.25) is 0 Å². The number of hydrogen-bond donors (Lipinski definition) is 1. The Balaban J connectivity index is 1.77. The minimum atomic E-state index is -3.70. The van der Waals surface area contributed by atoms with E-state index in [1.165, 1.54) is 10.4 Å². The van der Waals surface area contributed by atoms with Gasteiger partial charge >= 0.3 is 0 Å². The van der Waals surface area contributed by atoms with Crippen molar-refractivity contribution in [1.82, 2.24) is 19.6 Å². The monoisotopic (exact) mass is 478 g/mol. The lowest BCUT2D eigenvalue weighted by Gasteiger charge is -2.20. The number of benzene rings is 2. The van der Waals surface area contributed by atoms with Crippen LogP contribution >= 0.6 is 0 Å². The summed E-state index contributed by atoms with van der Waals surface area (Å²) in [5, 5.41) is 2.98. The molecule has 3 aromatic rings. The van der Waals surface area contributed by atoms with E-state index in [0.717, 1.165) is 40.7 Å². The number of sulfonamides is 1. The molecule has 178 valence electrons. The summed E-state index contributed by atoms with van der Waals surface area (Å²) in [5.74, 6) is 0.318. The fourth-order valence-electron chi connectivity index (χ4n) is 4.17. The Kier molecular flexibility index (Phi) is 6.81. The number of nitrogens with one attached hydrogen (secondary N) is 1. The molecule has 34 heavy (non-hydrogen) atoms. The molecule has 2 aromatic carbocycles. The summed E-state index contributed by atoms with van der Waals surface area (Å²) in [6.45, 7) is 8.52. The molecule has 1 aromatic heterocycles. The van der Waals surface area contributed by atoms with Gasteiger partial charge < -0.3 is 5.32 Å². The van der Waals surface area contributed by atoms with E-state index in [9.17, 15) is 13.2 Å². The predicted molar refractivity (Wildman–Crippen MR) is 132 cm³/mol. The molecule has 7 nitrogen and oxygen atoms in total. The first-order chi connectivity index (χ1) is 16.2. The molecule has 1 fully saturated rings. The normalized spacial score (nSPS) is 15.3. The van der Waals surface area contributed by atoms with Crippen LogP contribution in [-0.2, 0) is 10.0 Å². The van der Waals surface area contributed by atoms with Gasteiger partial charge in [-0.25, -0.2) is 18.4 Å². The van der Waals surface area contributed by atoms with Crippen molar-refractivity contribution in [3.63, 3.8) is 0 Å². The molecule has 1 aliphatic heterocycles. The highest BCUT2D eigenvalue weighted by atomic mass is 32.2. The fraction of sp³-hybridized carbons (Fsp3) is 0.346. The van der Waals surface area contributed by atoms with E-state index >= 15 is 0 Å². The maximum Gasteiger partial charge on any atom is 0.252 e. The van der Waals surface area contributed by atoms with Crippen LogP contribution in [0.1, 0.15) is 58.7 Å². The highest BCUT2D eigenvalue weighted by Crippen LogP contribution is 2.32. The van der Waals surface area contributed by atoms with Crippen molar-refractivity contribution in [3.05, 3.63) is 76.9 Å². The summed E-state index contributed by atoms with van der Waals surface area (Å²) in [5.41, 5.74) is 4.56. The number of rotatable bonds is 6. The number of hydrogen-bond acceptors (Lipinski definition) is 5. The zero-order chi connectivity index (χ0) is 24.5. The molecule has 0 aliphatic carbocycles. The lowest BCUT2D eigenvalue weighted by atomic mass is 9.95. The Hall–Kier alpha value is -3.10. The lowest BCUT2D eigenvalue weighted by Crippen LogP contribution is -2.30. The largest absolute Gasteiger partial charge is 0.345 e. The summed E-state index contributed by atoms with van der Waals surface area (Å²) in [6, 6.07) is 10.7. The minimum Gasteiger partial charge on any atom is -0.345 e. The van der Waals surface area contributed by atoms with E-state index in [4.69, 9.17) is 0 Å². The molecule has 0 spiro atoms. The molecule has 4 rings (SSSR count). The molecule has 1 N–H and O–H groups in total. The summed E-state index contributed by atoms with van der Waals surface area (Å²) in [4.78, 5) is 21.9. The number of carbonyl (C=O) groups excluding carboxylic acids is 1. The van der Waals surface area contributed by atoms with Gasteiger partial charge in [0.1, 0.15) is 5.82 Å². The first-order valence-corrected chi connectivity index (χ1v) is 12.9. The third-order valence-electron chi connectivity index (χ3n) is 6.34. The van der Waals surface area contributed by atoms with Crippen LogP contribution in [0.3, 0.4) is 0 Å². The van der Waals surface area contributed by atoms with Crippen LogP contribution < -0.4 is 5.32 Å². The average Bonchev–Trinajstić information content (AvgIpc) is 3.36. The number of aromatic nitrogens is 2. The number of amides is 1. The molecule has 0 radical (unpaired) electrons. The van der Waals surface area contributed by atoms with E-state index in [2.05, 4.69) is 15.3 Å². The fourth-order valence-corrected chi connectivity index (χ4v) is 5.74. The molecule has 0 saturated carbocycles. The minimum absolute atomic E-state index is 0.145. The smallest absolute Gasteiger partial charge is 0.252 e. The second-order valence-electron chi connectivity index (χ2n) is 8.88. The van der Waals surface area contributed by atoms with Crippen LogP contribution in [-0.4, -0.2) is 41.7 Å². The van der Waals surface area contributed by atoms with Gasteiger partial charge in [0.25, 0.3) is 5.91 Å². The highest BCUT2D eigenvalue weighted by Gasteiger charge is 2.29. The SMILES string of the molecule is Cc1ccc(-c2cc(S(=O)(=O)N3CCCC3)cc(C(=O)NC(C)c3cnc(C)nc3)c2C)cc1. The number of aryl methyl sites for hydroxylation is 2. The van der Waals surface area contributed by atoms with Crippen molar-refractivity contribution in [2.45, 2.75) is 51.5 Å². The highest BCUT2D eigenvalue weighted by molar-refractivity contribution is 7.89. The van der Waals surface area contributed by atoms with Gasteiger partial charge in [0, 0.05) is 36.6 Å². The first-order valence-electron chi connectivity index (χ1n) is 11.5. The molecule has 1 saturated heterocycles. The van der Waals surface area contributed by atoms with E-state index < -0.39 is 10.0 Å². The molecule has 1 atom stereocenters. The first kappa shape index (κ1) is 24.0. The molecular formula is C26H30N4O3S. The van der Waals surface area contributed by atoms with Gasteiger partial charge in [-0.1, -0.05) is 29.8 Å². The standard InChI is InChI=1S/C26H30N4O3S/c1-17-7-9-21(10-8-17)24-13-23(34(32,33)30-11-5-6-12-30)14-25(18(24)2)26(31)29-19(3)22-15-27-20(4)28-16-22/h7-10,13-16,19H,5-6,11-12H2,1-4H3,(H,29,31).